The van der Waals surface area contributed by atoms with Crippen LogP contribution in [0.2, 0.25) is 0 Å². The maximum Gasteiger partial charge on any atom is 0.177 e. The first-order valence-electron chi connectivity index (χ1n) is 6.64. The number of thiophene rings is 1. The normalized spacial score (nSPS) is 11.0. The first-order valence-corrected chi connectivity index (χ1v) is 7.45. The number of carbonyl (C=O) groups excluding carboxylic acids is 1. The Morgan fingerprint density at radius 1 is 1.55 bits per heavy atom. The van der Waals surface area contributed by atoms with Gasteiger partial charge in [0.05, 0.1) is 28.3 Å². The molecule has 0 saturated heterocycles. The number of rotatable bonds is 6. The van der Waals surface area contributed by atoms with Gasteiger partial charge in [0.2, 0.25) is 0 Å². The number of carbonyl (C=O) groups is 1. The minimum absolute atomic E-state index is 0.0316. The molecule has 0 radical (unpaired) electrons. The molecule has 3 N–H and O–H groups in total. The van der Waals surface area contributed by atoms with Gasteiger partial charge in [-0.25, -0.2) is 0 Å². The van der Waals surface area contributed by atoms with Crippen LogP contribution >= 0.6 is 11.3 Å². The van der Waals surface area contributed by atoms with E-state index in [1.165, 1.54) is 11.3 Å². The van der Waals surface area contributed by atoms with Crippen molar-refractivity contribution in [2.45, 2.75) is 27.3 Å². The van der Waals surface area contributed by atoms with Gasteiger partial charge in [-0.15, -0.1) is 11.3 Å². The summed E-state index contributed by atoms with van der Waals surface area (Å²) in [6.45, 7) is 7.31. The molecule has 0 amide bonds. The van der Waals surface area contributed by atoms with Crippen LogP contribution in [0.1, 0.15) is 29.1 Å². The second-order valence-electron chi connectivity index (χ2n) is 5.12. The van der Waals surface area contributed by atoms with Gasteiger partial charge in [0.25, 0.3) is 0 Å². The summed E-state index contributed by atoms with van der Waals surface area (Å²) in [5, 5.41) is 8.43. The summed E-state index contributed by atoms with van der Waals surface area (Å²) in [4.78, 5) is 12.6. The lowest BCUT2D eigenvalue weighted by Gasteiger charge is -2.03. The predicted octanol–water partition coefficient (Wildman–Crippen LogP) is 2.79. The second-order valence-corrected chi connectivity index (χ2v) is 6.17. The van der Waals surface area contributed by atoms with E-state index in [-0.39, 0.29) is 11.7 Å². The Bertz CT molecular complexity index is 600. The van der Waals surface area contributed by atoms with Gasteiger partial charge < -0.3 is 11.1 Å². The zero-order chi connectivity index (χ0) is 14.7. The molecular weight excluding hydrogens is 272 g/mol. The first kappa shape index (κ1) is 14.6. The number of nitrogen functional groups attached to an aromatic ring is 1. The molecule has 0 spiro atoms. The summed E-state index contributed by atoms with van der Waals surface area (Å²) in [6, 6.07) is 1.83. The molecule has 0 aliphatic carbocycles. The van der Waals surface area contributed by atoms with Crippen molar-refractivity contribution in [1.29, 1.82) is 0 Å². The van der Waals surface area contributed by atoms with Crippen molar-refractivity contribution in [3.8, 4) is 0 Å². The number of hydrogen-bond donors (Lipinski definition) is 2. The molecule has 20 heavy (non-hydrogen) atoms. The summed E-state index contributed by atoms with van der Waals surface area (Å²) in [5.41, 5.74) is 7.61. The fraction of sp³-hybridized carbons (Fsp3) is 0.429. The molecule has 6 heteroatoms. The van der Waals surface area contributed by atoms with Crippen LogP contribution in [0.25, 0.3) is 0 Å². The highest BCUT2D eigenvalue weighted by atomic mass is 32.1. The van der Waals surface area contributed by atoms with E-state index in [0.717, 1.165) is 23.7 Å². The third kappa shape index (κ3) is 3.39. The minimum atomic E-state index is -0.0316. The zero-order valence-corrected chi connectivity index (χ0v) is 12.8. The minimum Gasteiger partial charge on any atom is -0.397 e. The van der Waals surface area contributed by atoms with Gasteiger partial charge in [-0.2, -0.15) is 5.10 Å². The number of hydrogen-bond acceptors (Lipinski definition) is 5. The van der Waals surface area contributed by atoms with Crippen LogP contribution in [-0.2, 0) is 6.54 Å². The maximum atomic E-state index is 12.0. The number of ketones is 1. The lowest BCUT2D eigenvalue weighted by Crippen LogP contribution is -2.10. The smallest absolute Gasteiger partial charge is 0.177 e. The highest BCUT2D eigenvalue weighted by Gasteiger charge is 2.17. The van der Waals surface area contributed by atoms with Crippen LogP contribution in [0, 0.1) is 12.8 Å². The van der Waals surface area contributed by atoms with Crippen LogP contribution in [0.4, 0.5) is 10.7 Å². The van der Waals surface area contributed by atoms with Gasteiger partial charge in [-0.3, -0.25) is 9.48 Å². The summed E-state index contributed by atoms with van der Waals surface area (Å²) < 4.78 is 1.89. The molecule has 0 fully saturated rings. The number of aromatic nitrogens is 2. The Balaban J connectivity index is 1.94. The Hall–Kier alpha value is -1.82. The number of aryl methyl sites for hydroxylation is 1. The predicted molar refractivity (Wildman–Crippen MR) is 83.4 cm³/mol. The molecule has 0 aliphatic rings. The van der Waals surface area contributed by atoms with Crippen molar-refractivity contribution in [2.24, 2.45) is 5.92 Å². The van der Waals surface area contributed by atoms with Crippen molar-refractivity contribution < 1.29 is 4.79 Å². The SMILES string of the molecule is Cc1cnn(CCNc2cc(N)c(C(=O)C(C)C)s2)c1. The summed E-state index contributed by atoms with van der Waals surface area (Å²) >= 11 is 1.42. The summed E-state index contributed by atoms with van der Waals surface area (Å²) in [6.07, 6.45) is 3.83. The Morgan fingerprint density at radius 3 is 2.90 bits per heavy atom. The largest absolute Gasteiger partial charge is 0.397 e. The number of nitrogens with one attached hydrogen (secondary N) is 1. The second kappa shape index (κ2) is 6.09. The van der Waals surface area contributed by atoms with Gasteiger partial charge in [0.15, 0.2) is 5.78 Å². The summed E-state index contributed by atoms with van der Waals surface area (Å²) in [7, 11) is 0. The van der Waals surface area contributed by atoms with Gasteiger partial charge >= 0.3 is 0 Å². The number of nitrogens with two attached hydrogens (primary N) is 1. The van der Waals surface area contributed by atoms with Crippen molar-refractivity contribution in [3.63, 3.8) is 0 Å². The van der Waals surface area contributed by atoms with Crippen LogP contribution in [0.5, 0.6) is 0 Å². The van der Waals surface area contributed by atoms with Crippen LogP contribution < -0.4 is 11.1 Å². The Labute approximate surface area is 122 Å². The molecule has 0 saturated carbocycles. The van der Waals surface area contributed by atoms with Crippen LogP contribution in [0.3, 0.4) is 0 Å². The lowest BCUT2D eigenvalue weighted by atomic mass is 10.1. The average molecular weight is 292 g/mol. The van der Waals surface area contributed by atoms with Crippen molar-refractivity contribution in [2.75, 3.05) is 17.6 Å². The molecule has 108 valence electrons. The third-order valence-corrected chi connectivity index (χ3v) is 4.03. The maximum absolute atomic E-state index is 12.0. The zero-order valence-electron chi connectivity index (χ0n) is 12.0. The third-order valence-electron chi connectivity index (χ3n) is 2.91. The molecule has 5 nitrogen and oxygen atoms in total. The fourth-order valence-corrected chi connectivity index (χ4v) is 2.92. The van der Waals surface area contributed by atoms with E-state index in [1.807, 2.05) is 43.9 Å². The molecule has 2 heterocycles. The van der Waals surface area contributed by atoms with Gasteiger partial charge in [0, 0.05) is 18.7 Å². The highest BCUT2D eigenvalue weighted by molar-refractivity contribution is 7.18. The molecule has 0 aromatic carbocycles. The Kier molecular flexibility index (Phi) is 4.44. The van der Waals surface area contributed by atoms with E-state index in [1.54, 1.807) is 0 Å². The fourth-order valence-electron chi connectivity index (χ4n) is 1.83. The molecular formula is C14H20N4OS. The number of anilines is 2. The molecule has 0 unspecified atom stereocenters. The standard InChI is InChI=1S/C14H20N4OS/c1-9(2)13(19)14-11(15)6-12(20-14)16-4-5-18-8-10(3)7-17-18/h6-9,16H,4-5,15H2,1-3H3. The highest BCUT2D eigenvalue weighted by Crippen LogP contribution is 2.31. The van der Waals surface area contributed by atoms with Crippen LogP contribution in [-0.4, -0.2) is 22.1 Å². The molecule has 2 aromatic rings. The van der Waals surface area contributed by atoms with E-state index in [9.17, 15) is 4.79 Å². The molecule has 0 aliphatic heterocycles. The molecule has 2 aromatic heterocycles. The van der Waals surface area contributed by atoms with E-state index in [4.69, 9.17) is 5.73 Å². The average Bonchev–Trinajstić information content (AvgIpc) is 2.95. The van der Waals surface area contributed by atoms with Crippen molar-refractivity contribution in [1.82, 2.24) is 9.78 Å². The molecule has 0 atom stereocenters. The van der Waals surface area contributed by atoms with Crippen molar-refractivity contribution >= 4 is 27.8 Å². The van der Waals surface area contributed by atoms with Gasteiger partial charge in [-0.05, 0) is 18.6 Å². The van der Waals surface area contributed by atoms with Crippen molar-refractivity contribution in [3.05, 3.63) is 28.9 Å². The van der Waals surface area contributed by atoms with Crippen LogP contribution in [0.15, 0.2) is 18.5 Å². The monoisotopic (exact) mass is 292 g/mol. The molecule has 2 rings (SSSR count). The Morgan fingerprint density at radius 2 is 2.30 bits per heavy atom. The van der Waals surface area contributed by atoms with Gasteiger partial charge in [0.1, 0.15) is 0 Å². The summed E-state index contributed by atoms with van der Waals surface area (Å²) in [5.74, 6) is 0.0686. The van der Waals surface area contributed by atoms with E-state index in [0.29, 0.717) is 10.6 Å². The topological polar surface area (TPSA) is 72.9 Å². The van der Waals surface area contributed by atoms with Gasteiger partial charge in [-0.1, -0.05) is 13.8 Å². The van der Waals surface area contributed by atoms with E-state index < -0.39 is 0 Å². The quantitative estimate of drug-likeness (QED) is 0.803. The van der Waals surface area contributed by atoms with E-state index >= 15 is 0 Å². The first-order chi connectivity index (χ1) is 9.47. The molecule has 0 bridgehead atoms. The number of Topliss-reactive ketones (excluding diaryl/α,β-unsaturated/α-hetero) is 1. The van der Waals surface area contributed by atoms with E-state index in [2.05, 4.69) is 10.4 Å². The number of nitrogens with zero attached hydrogens (tertiary/aromatic N) is 2. The lowest BCUT2D eigenvalue weighted by molar-refractivity contribution is 0.0944.